The van der Waals surface area contributed by atoms with E-state index in [0.717, 1.165) is 0 Å². The molecule has 2 saturated heterocycles. The number of hydrogen-bond donors (Lipinski definition) is 1. The third-order valence-electron chi connectivity index (χ3n) is 4.78. The van der Waals surface area contributed by atoms with Crippen LogP contribution in [0.25, 0.3) is 0 Å². The number of aromatic nitrogens is 2. The van der Waals surface area contributed by atoms with Gasteiger partial charge in [0.05, 0.1) is 37.7 Å². The summed E-state index contributed by atoms with van der Waals surface area (Å²) in [5.41, 5.74) is 0. The molecule has 1 aliphatic carbocycles. The van der Waals surface area contributed by atoms with E-state index in [2.05, 4.69) is 15.3 Å². The van der Waals surface area contributed by atoms with Gasteiger partial charge in [-0.1, -0.05) is 0 Å². The average Bonchev–Trinajstić information content (AvgIpc) is 3.06. The number of anilines is 1. The molecule has 0 unspecified atom stereocenters. The maximum absolute atomic E-state index is 13.0. The van der Waals surface area contributed by atoms with E-state index in [9.17, 15) is 9.18 Å². The van der Waals surface area contributed by atoms with Crippen LogP contribution in [0.2, 0.25) is 0 Å². The van der Waals surface area contributed by atoms with Crippen molar-refractivity contribution in [2.45, 2.75) is 31.3 Å². The van der Waals surface area contributed by atoms with Crippen molar-refractivity contribution in [1.82, 2.24) is 15.3 Å². The molecule has 3 heterocycles. The van der Waals surface area contributed by atoms with Gasteiger partial charge in [0.25, 0.3) is 0 Å². The summed E-state index contributed by atoms with van der Waals surface area (Å²) in [4.78, 5) is 22.2. The molecule has 0 bridgehead atoms. The predicted molar refractivity (Wildman–Crippen MR) is 76.7 cm³/mol. The van der Waals surface area contributed by atoms with Gasteiger partial charge in [-0.05, 0) is 18.8 Å². The van der Waals surface area contributed by atoms with Crippen LogP contribution in [0.15, 0.2) is 12.4 Å². The molecular weight excluding hydrogens is 287 g/mol. The zero-order valence-corrected chi connectivity index (χ0v) is 12.2. The van der Waals surface area contributed by atoms with Crippen molar-refractivity contribution < 1.29 is 13.9 Å². The van der Waals surface area contributed by atoms with Crippen molar-refractivity contribution >= 4 is 11.9 Å². The van der Waals surface area contributed by atoms with Crippen molar-refractivity contribution in [3.05, 3.63) is 18.2 Å². The number of fused-ring (bicyclic) bond motifs is 1. The largest absolute Gasteiger partial charge is 0.379 e. The lowest BCUT2D eigenvalue weighted by Gasteiger charge is -2.22. The van der Waals surface area contributed by atoms with Crippen LogP contribution >= 0.6 is 0 Å². The van der Waals surface area contributed by atoms with Gasteiger partial charge in [-0.25, -0.2) is 14.4 Å². The van der Waals surface area contributed by atoms with E-state index >= 15 is 0 Å². The highest BCUT2D eigenvalue weighted by Gasteiger charge is 2.47. The molecule has 1 aromatic heterocycles. The zero-order valence-electron chi connectivity index (χ0n) is 12.2. The second-order valence-electron chi connectivity index (χ2n) is 6.44. The highest BCUT2D eigenvalue weighted by Crippen LogP contribution is 2.34. The molecule has 7 heteroatoms. The molecule has 22 heavy (non-hydrogen) atoms. The van der Waals surface area contributed by atoms with Crippen LogP contribution in [0.5, 0.6) is 0 Å². The lowest BCUT2D eigenvalue weighted by molar-refractivity contribution is -0.122. The molecule has 4 rings (SSSR count). The van der Waals surface area contributed by atoms with Gasteiger partial charge in [-0.3, -0.25) is 4.79 Å². The van der Waals surface area contributed by atoms with Crippen LogP contribution < -0.4 is 10.2 Å². The summed E-state index contributed by atoms with van der Waals surface area (Å²) in [6.07, 6.45) is 5.31. The number of nitrogens with one attached hydrogen (secondary N) is 1. The minimum atomic E-state index is -0.448. The Balaban J connectivity index is 1.47. The van der Waals surface area contributed by atoms with Gasteiger partial charge in [0.15, 0.2) is 5.82 Å². The average molecular weight is 306 g/mol. The van der Waals surface area contributed by atoms with Gasteiger partial charge in [-0.15, -0.1) is 0 Å². The first-order valence-corrected chi connectivity index (χ1v) is 7.82. The fourth-order valence-electron chi connectivity index (χ4n) is 3.43. The van der Waals surface area contributed by atoms with Crippen molar-refractivity contribution in [1.29, 1.82) is 0 Å². The van der Waals surface area contributed by atoms with E-state index < -0.39 is 5.82 Å². The lowest BCUT2D eigenvalue weighted by Crippen LogP contribution is -2.41. The van der Waals surface area contributed by atoms with E-state index in [-0.39, 0.29) is 23.9 Å². The Hall–Kier alpha value is -1.76. The van der Waals surface area contributed by atoms with Gasteiger partial charge in [-0.2, -0.15) is 0 Å². The molecule has 0 spiro atoms. The fourth-order valence-corrected chi connectivity index (χ4v) is 3.43. The van der Waals surface area contributed by atoms with Crippen molar-refractivity contribution in [2.24, 2.45) is 11.8 Å². The maximum atomic E-state index is 13.0. The summed E-state index contributed by atoms with van der Waals surface area (Å²) >= 11 is 0. The van der Waals surface area contributed by atoms with Gasteiger partial charge < -0.3 is 15.0 Å². The number of rotatable bonds is 4. The Morgan fingerprint density at radius 3 is 2.86 bits per heavy atom. The van der Waals surface area contributed by atoms with Gasteiger partial charge >= 0.3 is 0 Å². The minimum Gasteiger partial charge on any atom is -0.379 e. The number of carbonyl (C=O) groups is 1. The molecule has 1 N–H and O–H groups in total. The second-order valence-corrected chi connectivity index (χ2v) is 6.44. The summed E-state index contributed by atoms with van der Waals surface area (Å²) in [6.45, 7) is 1.89. The molecule has 2 aliphatic heterocycles. The molecule has 0 radical (unpaired) electrons. The molecule has 0 aromatic carbocycles. The molecular formula is C15H19FN4O2. The summed E-state index contributed by atoms with van der Waals surface area (Å²) < 4.78 is 18.6. The monoisotopic (exact) mass is 306 g/mol. The SMILES string of the molecule is O=C(CC1CC1)N[C@@H]1CN(c2ncc(F)cn2)[C@@H]2COC[C@@H]21. The number of amides is 1. The Bertz CT molecular complexity index is 563. The van der Waals surface area contributed by atoms with Gasteiger partial charge in [0.2, 0.25) is 11.9 Å². The first-order valence-electron chi connectivity index (χ1n) is 7.82. The van der Waals surface area contributed by atoms with Crippen LogP contribution in [-0.4, -0.2) is 47.7 Å². The summed E-state index contributed by atoms with van der Waals surface area (Å²) in [7, 11) is 0. The highest BCUT2D eigenvalue weighted by molar-refractivity contribution is 5.77. The number of carbonyl (C=O) groups excluding carboxylic acids is 1. The standard InChI is InChI=1S/C15H19FN4O2/c16-10-4-17-15(18-5-10)20-6-12(11-7-22-8-13(11)20)19-14(21)3-9-1-2-9/h4-5,9,11-13H,1-3,6-8H2,(H,19,21)/t11-,12-,13-/m1/s1. The van der Waals surface area contributed by atoms with E-state index in [4.69, 9.17) is 4.74 Å². The fraction of sp³-hybridized carbons (Fsp3) is 0.667. The number of nitrogens with zero attached hydrogens (tertiary/aromatic N) is 3. The molecule has 118 valence electrons. The Labute approximate surface area is 128 Å². The zero-order chi connectivity index (χ0) is 15.1. The van der Waals surface area contributed by atoms with Crippen molar-refractivity contribution in [3.8, 4) is 0 Å². The van der Waals surface area contributed by atoms with E-state index in [1.807, 2.05) is 4.90 Å². The van der Waals surface area contributed by atoms with E-state index in [1.165, 1.54) is 25.2 Å². The third-order valence-corrected chi connectivity index (χ3v) is 4.78. The molecule has 6 nitrogen and oxygen atoms in total. The minimum absolute atomic E-state index is 0.0485. The van der Waals surface area contributed by atoms with Crippen LogP contribution in [0.1, 0.15) is 19.3 Å². The van der Waals surface area contributed by atoms with Crippen LogP contribution in [-0.2, 0) is 9.53 Å². The lowest BCUT2D eigenvalue weighted by atomic mass is 9.99. The molecule has 1 saturated carbocycles. The predicted octanol–water partition coefficient (Wildman–Crippen LogP) is 0.736. The number of halogens is 1. The topological polar surface area (TPSA) is 67.4 Å². The van der Waals surface area contributed by atoms with Crippen LogP contribution in [0, 0.1) is 17.7 Å². The smallest absolute Gasteiger partial charge is 0.225 e. The number of ether oxygens (including phenoxy) is 1. The van der Waals surface area contributed by atoms with Crippen LogP contribution in [0.4, 0.5) is 10.3 Å². The summed E-state index contributed by atoms with van der Waals surface area (Å²) in [6, 6.07) is 0.198. The van der Waals surface area contributed by atoms with E-state index in [0.29, 0.717) is 38.0 Å². The Morgan fingerprint density at radius 2 is 2.14 bits per heavy atom. The maximum Gasteiger partial charge on any atom is 0.225 e. The Kier molecular flexibility index (Phi) is 3.44. The van der Waals surface area contributed by atoms with E-state index in [1.54, 1.807) is 0 Å². The van der Waals surface area contributed by atoms with Crippen molar-refractivity contribution in [2.75, 3.05) is 24.7 Å². The first kappa shape index (κ1) is 13.9. The summed E-state index contributed by atoms with van der Waals surface area (Å²) in [5.74, 6) is 1.00. The van der Waals surface area contributed by atoms with Gasteiger partial charge in [0.1, 0.15) is 0 Å². The molecule has 3 fully saturated rings. The third kappa shape index (κ3) is 2.65. The normalized spacial score (nSPS) is 30.4. The Morgan fingerprint density at radius 1 is 1.36 bits per heavy atom. The van der Waals surface area contributed by atoms with Crippen LogP contribution in [0.3, 0.4) is 0 Å². The molecule has 3 aliphatic rings. The quantitative estimate of drug-likeness (QED) is 0.888. The summed E-state index contributed by atoms with van der Waals surface area (Å²) in [5, 5.41) is 3.14. The van der Waals surface area contributed by atoms with Crippen molar-refractivity contribution in [3.63, 3.8) is 0 Å². The van der Waals surface area contributed by atoms with Gasteiger partial charge in [0, 0.05) is 18.9 Å². The number of hydrogen-bond acceptors (Lipinski definition) is 5. The second kappa shape index (κ2) is 5.46. The molecule has 1 aromatic rings. The first-order chi connectivity index (χ1) is 10.7. The highest BCUT2D eigenvalue weighted by atomic mass is 19.1. The molecule has 1 amide bonds. The molecule has 3 atom stereocenters.